The second kappa shape index (κ2) is 9.92. The molecular weight excluding hydrogens is 340 g/mol. The summed E-state index contributed by atoms with van der Waals surface area (Å²) in [6.45, 7) is 11.1. The molecule has 1 aliphatic heterocycles. The van der Waals surface area contributed by atoms with Gasteiger partial charge < -0.3 is 4.74 Å². The number of piperazine rings is 1. The Morgan fingerprint density at radius 2 is 1.81 bits per heavy atom. The van der Waals surface area contributed by atoms with Crippen LogP contribution in [0.3, 0.4) is 0 Å². The van der Waals surface area contributed by atoms with Crippen LogP contribution in [0.25, 0.3) is 0 Å². The van der Waals surface area contributed by atoms with Crippen molar-refractivity contribution in [3.63, 3.8) is 0 Å². The van der Waals surface area contributed by atoms with Crippen LogP contribution in [0.5, 0.6) is 0 Å². The lowest BCUT2D eigenvalue weighted by atomic mass is 10.0. The zero-order chi connectivity index (χ0) is 19.1. The molecule has 1 fully saturated rings. The predicted molar refractivity (Wildman–Crippen MR) is 105 cm³/mol. The number of benzene rings is 1. The first kappa shape index (κ1) is 19.9. The normalized spacial score (nSPS) is 17.5. The molecule has 1 unspecified atom stereocenters. The number of ether oxygens (including phenoxy) is 1. The van der Waals surface area contributed by atoms with Crippen molar-refractivity contribution in [1.29, 1.82) is 0 Å². The van der Waals surface area contributed by atoms with E-state index in [9.17, 15) is 0 Å². The lowest BCUT2D eigenvalue weighted by Gasteiger charge is -2.39. The van der Waals surface area contributed by atoms with Gasteiger partial charge in [0, 0.05) is 39.8 Å². The van der Waals surface area contributed by atoms with Gasteiger partial charge in [-0.25, -0.2) is 4.68 Å². The average Bonchev–Trinajstić information content (AvgIpc) is 3.14. The average molecular weight is 373 g/mol. The van der Waals surface area contributed by atoms with Gasteiger partial charge in [0.05, 0.1) is 19.2 Å². The molecule has 0 amide bonds. The van der Waals surface area contributed by atoms with Gasteiger partial charge in [0.25, 0.3) is 0 Å². The molecule has 148 valence electrons. The zero-order valence-electron chi connectivity index (χ0n) is 16.8. The van der Waals surface area contributed by atoms with E-state index in [1.807, 2.05) is 4.68 Å². The van der Waals surface area contributed by atoms with Crippen LogP contribution in [0, 0.1) is 5.92 Å². The third-order valence-corrected chi connectivity index (χ3v) is 5.16. The highest BCUT2D eigenvalue weighted by molar-refractivity contribution is 5.14. The van der Waals surface area contributed by atoms with Crippen LogP contribution in [-0.4, -0.2) is 69.9 Å². The quantitative estimate of drug-likeness (QED) is 0.673. The summed E-state index contributed by atoms with van der Waals surface area (Å²) in [5.74, 6) is 1.56. The summed E-state index contributed by atoms with van der Waals surface area (Å²) >= 11 is 0. The Kier molecular flexibility index (Phi) is 7.32. The number of rotatable bonds is 9. The molecule has 1 aromatic carbocycles. The molecule has 7 heteroatoms. The van der Waals surface area contributed by atoms with Gasteiger partial charge >= 0.3 is 0 Å². The van der Waals surface area contributed by atoms with Crippen molar-refractivity contribution in [1.82, 2.24) is 30.0 Å². The van der Waals surface area contributed by atoms with Crippen molar-refractivity contribution in [3.05, 3.63) is 41.7 Å². The summed E-state index contributed by atoms with van der Waals surface area (Å²) in [6.07, 6.45) is 1.06. The number of tetrazole rings is 1. The monoisotopic (exact) mass is 372 g/mol. The fourth-order valence-electron chi connectivity index (χ4n) is 3.73. The van der Waals surface area contributed by atoms with Crippen LogP contribution in [0.2, 0.25) is 0 Å². The summed E-state index contributed by atoms with van der Waals surface area (Å²) in [4.78, 5) is 5.09. The molecule has 1 saturated heterocycles. The van der Waals surface area contributed by atoms with Gasteiger partial charge in [0.2, 0.25) is 0 Å². The maximum absolute atomic E-state index is 5.21. The molecule has 7 nitrogen and oxygen atoms in total. The molecule has 0 bridgehead atoms. The van der Waals surface area contributed by atoms with Crippen LogP contribution in [0.15, 0.2) is 30.3 Å². The fourth-order valence-corrected chi connectivity index (χ4v) is 3.73. The minimum atomic E-state index is 0.260. The van der Waals surface area contributed by atoms with E-state index in [0.717, 1.165) is 45.0 Å². The van der Waals surface area contributed by atoms with E-state index in [2.05, 4.69) is 69.5 Å². The van der Waals surface area contributed by atoms with E-state index < -0.39 is 0 Å². The molecular formula is C20H32N6O. The molecule has 2 aromatic rings. The van der Waals surface area contributed by atoms with Crippen molar-refractivity contribution < 1.29 is 4.74 Å². The predicted octanol–water partition coefficient (Wildman–Crippen LogP) is 2.22. The molecule has 0 aliphatic carbocycles. The molecule has 1 aliphatic rings. The highest BCUT2D eigenvalue weighted by Gasteiger charge is 2.29. The maximum atomic E-state index is 5.21. The summed E-state index contributed by atoms with van der Waals surface area (Å²) in [5, 5.41) is 12.5. The second-order valence-corrected chi connectivity index (χ2v) is 7.70. The third kappa shape index (κ3) is 5.57. The van der Waals surface area contributed by atoms with E-state index in [-0.39, 0.29) is 6.04 Å². The summed E-state index contributed by atoms with van der Waals surface area (Å²) in [7, 11) is 1.71. The first-order chi connectivity index (χ1) is 13.2. The van der Waals surface area contributed by atoms with Crippen LogP contribution in [0.1, 0.15) is 37.7 Å². The Morgan fingerprint density at radius 1 is 1.07 bits per heavy atom. The van der Waals surface area contributed by atoms with E-state index >= 15 is 0 Å². The summed E-state index contributed by atoms with van der Waals surface area (Å²) < 4.78 is 7.12. The van der Waals surface area contributed by atoms with Crippen LogP contribution in [-0.2, 0) is 17.8 Å². The van der Waals surface area contributed by atoms with Gasteiger partial charge in [-0.15, -0.1) is 5.10 Å². The van der Waals surface area contributed by atoms with E-state index in [0.29, 0.717) is 19.1 Å². The lowest BCUT2D eigenvalue weighted by Crippen LogP contribution is -2.48. The van der Waals surface area contributed by atoms with Crippen LogP contribution >= 0.6 is 0 Å². The molecule has 1 aromatic heterocycles. The Bertz CT molecular complexity index is 666. The molecule has 0 saturated carbocycles. The largest absolute Gasteiger partial charge is 0.383 e. The number of hydrogen-bond donors (Lipinski definition) is 0. The third-order valence-electron chi connectivity index (χ3n) is 5.16. The molecule has 3 rings (SSSR count). The Balaban J connectivity index is 1.64. The first-order valence-corrected chi connectivity index (χ1v) is 9.92. The van der Waals surface area contributed by atoms with E-state index in [1.165, 1.54) is 5.56 Å². The number of hydrogen-bond acceptors (Lipinski definition) is 6. The zero-order valence-corrected chi connectivity index (χ0v) is 16.8. The summed E-state index contributed by atoms with van der Waals surface area (Å²) in [6, 6.07) is 11.0. The van der Waals surface area contributed by atoms with Crippen LogP contribution < -0.4 is 0 Å². The Hall–Kier alpha value is -1.83. The van der Waals surface area contributed by atoms with Crippen molar-refractivity contribution >= 4 is 0 Å². The van der Waals surface area contributed by atoms with Crippen molar-refractivity contribution in [2.45, 2.75) is 39.4 Å². The van der Waals surface area contributed by atoms with Gasteiger partial charge in [-0.1, -0.05) is 44.2 Å². The fraction of sp³-hybridized carbons (Fsp3) is 0.650. The van der Waals surface area contributed by atoms with E-state index in [1.54, 1.807) is 7.11 Å². The molecule has 1 atom stereocenters. The first-order valence-electron chi connectivity index (χ1n) is 9.92. The maximum Gasteiger partial charge on any atom is 0.168 e. The highest BCUT2D eigenvalue weighted by atomic mass is 16.5. The van der Waals surface area contributed by atoms with Gasteiger partial charge in [-0.05, 0) is 28.3 Å². The molecule has 0 radical (unpaired) electrons. The molecule has 0 spiro atoms. The highest BCUT2D eigenvalue weighted by Crippen LogP contribution is 2.27. The van der Waals surface area contributed by atoms with E-state index in [4.69, 9.17) is 4.74 Å². The van der Waals surface area contributed by atoms with Crippen molar-refractivity contribution in [3.8, 4) is 0 Å². The van der Waals surface area contributed by atoms with Crippen molar-refractivity contribution in [2.24, 2.45) is 5.92 Å². The smallest absolute Gasteiger partial charge is 0.168 e. The minimum Gasteiger partial charge on any atom is -0.383 e. The molecule has 27 heavy (non-hydrogen) atoms. The van der Waals surface area contributed by atoms with Gasteiger partial charge in [0.15, 0.2) is 5.82 Å². The number of nitrogens with zero attached hydrogens (tertiary/aromatic N) is 6. The second-order valence-electron chi connectivity index (χ2n) is 7.70. The minimum absolute atomic E-state index is 0.260. The Morgan fingerprint density at radius 3 is 2.48 bits per heavy atom. The van der Waals surface area contributed by atoms with Crippen molar-refractivity contribution in [2.75, 3.05) is 39.9 Å². The Labute approximate surface area is 162 Å². The molecule has 0 N–H and O–H groups in total. The standard InChI is InChI=1S/C20H32N6O/c1-17(2)15-19(20-21-22-23-26(20)13-14-27-3)25-11-9-24(10-12-25)16-18-7-5-4-6-8-18/h4-8,17,19H,9-16H2,1-3H3. The number of methoxy groups -OCH3 is 1. The topological polar surface area (TPSA) is 59.3 Å². The molecule has 2 heterocycles. The number of aromatic nitrogens is 4. The van der Waals surface area contributed by atoms with Crippen LogP contribution in [0.4, 0.5) is 0 Å². The van der Waals surface area contributed by atoms with Gasteiger partial charge in [-0.3, -0.25) is 9.80 Å². The lowest BCUT2D eigenvalue weighted by molar-refractivity contribution is 0.0757. The SMILES string of the molecule is COCCn1nnnc1C(CC(C)C)N1CCN(Cc2ccccc2)CC1. The van der Waals surface area contributed by atoms with Gasteiger partial charge in [0.1, 0.15) is 0 Å². The summed E-state index contributed by atoms with van der Waals surface area (Å²) in [5.41, 5.74) is 1.38. The van der Waals surface area contributed by atoms with Gasteiger partial charge in [-0.2, -0.15) is 0 Å².